The molecule has 0 aromatic carbocycles. The number of halogens is 1. The molecule has 0 amide bonds. The Morgan fingerprint density at radius 2 is 2.07 bits per heavy atom. The fourth-order valence-corrected chi connectivity index (χ4v) is 3.59. The molecule has 76 valence electrons. The number of hydrogen-bond donors (Lipinski definition) is 0. The lowest BCUT2D eigenvalue weighted by molar-refractivity contribution is 0.0828. The van der Waals surface area contributed by atoms with E-state index in [0.29, 0.717) is 5.78 Å². The van der Waals surface area contributed by atoms with Gasteiger partial charge in [0, 0.05) is 5.41 Å². The minimum absolute atomic E-state index is 0.0791. The van der Waals surface area contributed by atoms with Gasteiger partial charge in [-0.25, -0.2) is 0 Å². The molecule has 1 aliphatic carbocycles. The van der Waals surface area contributed by atoms with Crippen LogP contribution in [-0.2, 0) is 0 Å². The largest absolute Gasteiger partial charge is 0.293 e. The highest BCUT2D eigenvalue weighted by atomic mass is 79.9. The van der Waals surface area contributed by atoms with Crippen molar-refractivity contribution in [2.75, 3.05) is 0 Å². The van der Waals surface area contributed by atoms with Crippen molar-refractivity contribution in [2.45, 2.75) is 32.6 Å². The molecule has 0 N–H and O–H groups in total. The molecule has 1 saturated carbocycles. The zero-order chi connectivity index (χ0) is 10.2. The molecule has 1 heterocycles. The first-order valence-corrected chi connectivity index (χ1v) is 6.53. The monoisotopic (exact) mass is 272 g/mol. The second kappa shape index (κ2) is 3.78. The average molecular weight is 273 g/mol. The summed E-state index contributed by atoms with van der Waals surface area (Å²) < 4.78 is 1.04. The van der Waals surface area contributed by atoms with Crippen LogP contribution in [0.2, 0.25) is 0 Å². The van der Waals surface area contributed by atoms with E-state index in [1.165, 1.54) is 12.8 Å². The lowest BCUT2D eigenvalue weighted by atomic mass is 9.83. The van der Waals surface area contributed by atoms with Crippen LogP contribution in [0.15, 0.2) is 15.9 Å². The van der Waals surface area contributed by atoms with Crippen LogP contribution >= 0.6 is 27.3 Å². The molecular formula is C11H13BrOS. The van der Waals surface area contributed by atoms with Crippen molar-refractivity contribution < 1.29 is 4.79 Å². The number of ketones is 1. The molecule has 14 heavy (non-hydrogen) atoms. The molecule has 1 aromatic heterocycles. The fraction of sp³-hybridized carbons (Fsp3) is 0.545. The quantitative estimate of drug-likeness (QED) is 0.735. The summed E-state index contributed by atoms with van der Waals surface area (Å²) in [4.78, 5) is 13.1. The van der Waals surface area contributed by atoms with Crippen molar-refractivity contribution in [3.63, 3.8) is 0 Å². The number of thiophene rings is 1. The van der Waals surface area contributed by atoms with Crippen LogP contribution < -0.4 is 0 Å². The summed E-state index contributed by atoms with van der Waals surface area (Å²) >= 11 is 4.94. The Labute approximate surface area is 96.6 Å². The van der Waals surface area contributed by atoms with E-state index in [9.17, 15) is 4.79 Å². The van der Waals surface area contributed by atoms with Gasteiger partial charge in [-0.05, 0) is 40.9 Å². The Bertz CT molecular complexity index is 350. The van der Waals surface area contributed by atoms with Gasteiger partial charge < -0.3 is 0 Å². The molecule has 1 aliphatic rings. The summed E-state index contributed by atoms with van der Waals surface area (Å²) in [6, 6.07) is 3.89. The topological polar surface area (TPSA) is 17.1 Å². The van der Waals surface area contributed by atoms with E-state index in [-0.39, 0.29) is 5.41 Å². The smallest absolute Gasteiger partial charge is 0.178 e. The van der Waals surface area contributed by atoms with Crippen LogP contribution in [0.5, 0.6) is 0 Å². The van der Waals surface area contributed by atoms with Crippen LogP contribution in [0.4, 0.5) is 0 Å². The van der Waals surface area contributed by atoms with E-state index in [1.807, 2.05) is 12.1 Å². The van der Waals surface area contributed by atoms with E-state index in [4.69, 9.17) is 0 Å². The highest BCUT2D eigenvalue weighted by molar-refractivity contribution is 9.11. The minimum atomic E-state index is -0.0791. The van der Waals surface area contributed by atoms with Gasteiger partial charge in [0.1, 0.15) is 0 Å². The van der Waals surface area contributed by atoms with E-state index in [0.717, 1.165) is 21.5 Å². The number of carbonyl (C=O) groups is 1. The van der Waals surface area contributed by atoms with Crippen LogP contribution in [0, 0.1) is 5.41 Å². The van der Waals surface area contributed by atoms with Gasteiger partial charge in [-0.2, -0.15) is 0 Å². The zero-order valence-electron chi connectivity index (χ0n) is 8.18. The average Bonchev–Trinajstić information content (AvgIpc) is 2.74. The summed E-state index contributed by atoms with van der Waals surface area (Å²) in [6.07, 6.45) is 4.52. The van der Waals surface area contributed by atoms with Gasteiger partial charge >= 0.3 is 0 Å². The van der Waals surface area contributed by atoms with Crippen molar-refractivity contribution in [3.05, 3.63) is 20.8 Å². The van der Waals surface area contributed by atoms with E-state index in [1.54, 1.807) is 11.3 Å². The first-order chi connectivity index (χ1) is 6.62. The molecule has 0 saturated heterocycles. The first-order valence-electron chi connectivity index (χ1n) is 4.92. The summed E-state index contributed by atoms with van der Waals surface area (Å²) in [6.45, 7) is 2.11. The first kappa shape index (κ1) is 10.4. The molecule has 0 atom stereocenters. The predicted molar refractivity (Wildman–Crippen MR) is 62.9 cm³/mol. The standard InChI is InChI=1S/C11H13BrOS/c1-11(6-2-3-7-11)10(13)8-4-5-9(12)14-8/h4-5H,2-3,6-7H2,1H3. The summed E-state index contributed by atoms with van der Waals surface area (Å²) in [5, 5.41) is 0. The molecule has 0 bridgehead atoms. The Kier molecular flexibility index (Phi) is 2.80. The molecular weight excluding hydrogens is 260 g/mol. The van der Waals surface area contributed by atoms with Crippen LogP contribution in [0.1, 0.15) is 42.3 Å². The highest BCUT2D eigenvalue weighted by Gasteiger charge is 2.37. The fourth-order valence-electron chi connectivity index (χ4n) is 2.12. The normalized spacial score (nSPS) is 19.9. The Balaban J connectivity index is 2.23. The van der Waals surface area contributed by atoms with Crippen LogP contribution in [0.25, 0.3) is 0 Å². The van der Waals surface area contributed by atoms with Crippen LogP contribution in [-0.4, -0.2) is 5.78 Å². The van der Waals surface area contributed by atoms with Gasteiger partial charge in [-0.1, -0.05) is 19.8 Å². The molecule has 1 aromatic rings. The lowest BCUT2D eigenvalue weighted by Crippen LogP contribution is -2.23. The van der Waals surface area contributed by atoms with E-state index < -0.39 is 0 Å². The van der Waals surface area contributed by atoms with Crippen LogP contribution in [0.3, 0.4) is 0 Å². The van der Waals surface area contributed by atoms with Gasteiger partial charge in [0.15, 0.2) is 5.78 Å². The van der Waals surface area contributed by atoms with Crippen molar-refractivity contribution in [1.29, 1.82) is 0 Å². The number of Topliss-reactive ketones (excluding diaryl/α,β-unsaturated/α-hetero) is 1. The summed E-state index contributed by atoms with van der Waals surface area (Å²) in [5.41, 5.74) is -0.0791. The zero-order valence-corrected chi connectivity index (χ0v) is 10.6. The Morgan fingerprint density at radius 1 is 1.43 bits per heavy atom. The Morgan fingerprint density at radius 3 is 2.57 bits per heavy atom. The maximum Gasteiger partial charge on any atom is 0.178 e. The van der Waals surface area contributed by atoms with Crippen molar-refractivity contribution in [2.24, 2.45) is 5.41 Å². The van der Waals surface area contributed by atoms with E-state index in [2.05, 4.69) is 22.9 Å². The number of hydrogen-bond acceptors (Lipinski definition) is 2. The van der Waals surface area contributed by atoms with Gasteiger partial charge in [0.2, 0.25) is 0 Å². The maximum atomic E-state index is 12.2. The molecule has 0 radical (unpaired) electrons. The molecule has 1 nitrogen and oxygen atoms in total. The third kappa shape index (κ3) is 1.80. The van der Waals surface area contributed by atoms with Gasteiger partial charge in [0.05, 0.1) is 8.66 Å². The van der Waals surface area contributed by atoms with Gasteiger partial charge in [0.25, 0.3) is 0 Å². The third-order valence-electron chi connectivity index (χ3n) is 3.05. The summed E-state index contributed by atoms with van der Waals surface area (Å²) in [7, 11) is 0. The molecule has 0 unspecified atom stereocenters. The lowest BCUT2D eigenvalue weighted by Gasteiger charge is -2.20. The molecule has 0 spiro atoms. The van der Waals surface area contributed by atoms with Crippen molar-refractivity contribution >= 4 is 33.0 Å². The number of rotatable bonds is 2. The second-order valence-corrected chi connectivity index (χ2v) is 6.66. The molecule has 3 heteroatoms. The molecule has 0 aliphatic heterocycles. The number of carbonyl (C=O) groups excluding carboxylic acids is 1. The second-order valence-electron chi connectivity index (χ2n) is 4.20. The Hall–Kier alpha value is -0.150. The van der Waals surface area contributed by atoms with Crippen molar-refractivity contribution in [3.8, 4) is 0 Å². The minimum Gasteiger partial charge on any atom is -0.293 e. The third-order valence-corrected chi connectivity index (χ3v) is 4.67. The SMILES string of the molecule is CC1(C(=O)c2ccc(Br)s2)CCCC1. The van der Waals surface area contributed by atoms with Crippen molar-refractivity contribution in [1.82, 2.24) is 0 Å². The maximum absolute atomic E-state index is 12.2. The van der Waals surface area contributed by atoms with Gasteiger partial charge in [-0.3, -0.25) is 4.79 Å². The highest BCUT2D eigenvalue weighted by Crippen LogP contribution is 2.41. The predicted octanol–water partition coefficient (Wildman–Crippen LogP) is 4.27. The van der Waals surface area contributed by atoms with Gasteiger partial charge in [-0.15, -0.1) is 11.3 Å². The summed E-state index contributed by atoms with van der Waals surface area (Å²) in [5.74, 6) is 0.339. The molecule has 2 rings (SSSR count). The van der Waals surface area contributed by atoms with E-state index >= 15 is 0 Å². The molecule has 1 fully saturated rings.